The monoisotopic (exact) mass is 198 g/mol. The normalized spacial score (nSPS) is 21.9. The molecular weight excluding hydrogens is 180 g/mol. The molecule has 0 aromatic rings. The van der Waals surface area contributed by atoms with Crippen LogP contribution in [0.3, 0.4) is 0 Å². The fourth-order valence-corrected chi connectivity index (χ4v) is 1.93. The van der Waals surface area contributed by atoms with E-state index in [0.29, 0.717) is 0 Å². The van der Waals surface area contributed by atoms with Gasteiger partial charge in [-0.05, 0) is 25.7 Å². The molecule has 1 atom stereocenters. The zero-order chi connectivity index (χ0) is 10.6. The molecule has 1 heterocycles. The predicted octanol–water partition coefficient (Wildman–Crippen LogP) is 0.523. The molecule has 1 N–H and O–H groups in total. The van der Waals surface area contributed by atoms with E-state index >= 15 is 0 Å². The largest absolute Gasteiger partial charge is 0.351 e. The molecule has 0 saturated carbocycles. The van der Waals surface area contributed by atoms with E-state index in [1.165, 1.54) is 7.05 Å². The minimum absolute atomic E-state index is 0.258. The van der Waals surface area contributed by atoms with Crippen LogP contribution in [-0.2, 0) is 9.59 Å². The van der Waals surface area contributed by atoms with E-state index in [0.717, 1.165) is 32.2 Å². The summed E-state index contributed by atoms with van der Waals surface area (Å²) in [6.07, 6.45) is 4.14. The van der Waals surface area contributed by atoms with Crippen molar-refractivity contribution in [1.82, 2.24) is 10.2 Å². The standard InChI is InChI=1S/C10H18N2O2/c1-3-8-6-4-5-7-12(8)10(14)9(13)11-2/h8H,3-7H2,1-2H3,(H,11,13). The number of hydrogen-bond acceptors (Lipinski definition) is 2. The van der Waals surface area contributed by atoms with Crippen molar-refractivity contribution in [2.24, 2.45) is 0 Å². The molecule has 0 radical (unpaired) electrons. The number of nitrogens with zero attached hydrogens (tertiary/aromatic N) is 1. The number of rotatable bonds is 1. The van der Waals surface area contributed by atoms with Crippen LogP contribution in [-0.4, -0.2) is 36.3 Å². The predicted molar refractivity (Wildman–Crippen MR) is 53.7 cm³/mol. The Hall–Kier alpha value is -1.06. The lowest BCUT2D eigenvalue weighted by molar-refractivity contribution is -0.148. The molecule has 0 aliphatic carbocycles. The van der Waals surface area contributed by atoms with Crippen molar-refractivity contribution in [3.05, 3.63) is 0 Å². The van der Waals surface area contributed by atoms with Crippen LogP contribution in [0.1, 0.15) is 32.6 Å². The fraction of sp³-hybridized carbons (Fsp3) is 0.800. The van der Waals surface area contributed by atoms with Gasteiger partial charge in [-0.3, -0.25) is 9.59 Å². The molecule has 0 aromatic carbocycles. The molecule has 0 bridgehead atoms. The summed E-state index contributed by atoms with van der Waals surface area (Å²) in [5, 5.41) is 2.38. The minimum Gasteiger partial charge on any atom is -0.351 e. The Morgan fingerprint density at radius 3 is 2.71 bits per heavy atom. The Labute approximate surface area is 84.7 Å². The quantitative estimate of drug-likeness (QED) is 0.625. The molecule has 1 aliphatic heterocycles. The van der Waals surface area contributed by atoms with Crippen molar-refractivity contribution in [3.63, 3.8) is 0 Å². The number of carbonyl (C=O) groups is 2. The summed E-state index contributed by atoms with van der Waals surface area (Å²) < 4.78 is 0. The third-order valence-electron chi connectivity index (χ3n) is 2.78. The van der Waals surface area contributed by atoms with E-state index in [1.807, 2.05) is 0 Å². The van der Waals surface area contributed by atoms with Crippen LogP contribution in [0.5, 0.6) is 0 Å². The van der Waals surface area contributed by atoms with Gasteiger partial charge in [-0.25, -0.2) is 0 Å². The first-order chi connectivity index (χ1) is 6.70. The number of piperidine rings is 1. The second kappa shape index (κ2) is 4.98. The van der Waals surface area contributed by atoms with Crippen LogP contribution >= 0.6 is 0 Å². The molecule has 2 amide bonds. The molecule has 1 saturated heterocycles. The highest BCUT2D eigenvalue weighted by Crippen LogP contribution is 2.19. The Bertz CT molecular complexity index is 228. The zero-order valence-corrected chi connectivity index (χ0v) is 8.88. The third-order valence-corrected chi connectivity index (χ3v) is 2.78. The molecule has 14 heavy (non-hydrogen) atoms. The van der Waals surface area contributed by atoms with Crippen LogP contribution in [0.15, 0.2) is 0 Å². The van der Waals surface area contributed by atoms with Gasteiger partial charge in [0.05, 0.1) is 0 Å². The van der Waals surface area contributed by atoms with Crippen molar-refractivity contribution in [3.8, 4) is 0 Å². The number of likely N-dealkylation sites (tertiary alicyclic amines) is 1. The summed E-state index contributed by atoms with van der Waals surface area (Å²) in [5.74, 6) is -0.871. The van der Waals surface area contributed by atoms with E-state index in [9.17, 15) is 9.59 Å². The molecular formula is C10H18N2O2. The highest BCUT2D eigenvalue weighted by atomic mass is 16.2. The Balaban J connectivity index is 2.63. The number of amides is 2. The number of nitrogens with one attached hydrogen (secondary N) is 1. The van der Waals surface area contributed by atoms with Gasteiger partial charge in [0.2, 0.25) is 0 Å². The van der Waals surface area contributed by atoms with Crippen LogP contribution < -0.4 is 5.32 Å². The molecule has 4 heteroatoms. The first-order valence-electron chi connectivity index (χ1n) is 5.23. The molecule has 0 aromatic heterocycles. The summed E-state index contributed by atoms with van der Waals surface area (Å²) >= 11 is 0. The lowest BCUT2D eigenvalue weighted by Crippen LogP contribution is -2.49. The minimum atomic E-state index is -0.495. The van der Waals surface area contributed by atoms with Gasteiger partial charge < -0.3 is 10.2 Å². The summed E-state index contributed by atoms with van der Waals surface area (Å²) in [7, 11) is 1.49. The van der Waals surface area contributed by atoms with Crippen molar-refractivity contribution < 1.29 is 9.59 Å². The summed E-state index contributed by atoms with van der Waals surface area (Å²) in [6, 6.07) is 0.258. The second-order valence-electron chi connectivity index (χ2n) is 3.64. The van der Waals surface area contributed by atoms with Crippen LogP contribution in [0.2, 0.25) is 0 Å². The topological polar surface area (TPSA) is 49.4 Å². The highest BCUT2D eigenvalue weighted by molar-refractivity contribution is 6.35. The zero-order valence-electron chi connectivity index (χ0n) is 8.88. The molecule has 80 valence electrons. The smallest absolute Gasteiger partial charge is 0.312 e. The first kappa shape index (κ1) is 11.0. The third kappa shape index (κ3) is 2.25. The van der Waals surface area contributed by atoms with Crippen molar-refractivity contribution in [2.75, 3.05) is 13.6 Å². The molecule has 1 aliphatic rings. The van der Waals surface area contributed by atoms with Crippen molar-refractivity contribution in [2.45, 2.75) is 38.6 Å². The van der Waals surface area contributed by atoms with E-state index in [2.05, 4.69) is 12.2 Å². The van der Waals surface area contributed by atoms with E-state index in [-0.39, 0.29) is 11.9 Å². The van der Waals surface area contributed by atoms with Gasteiger partial charge >= 0.3 is 11.8 Å². The molecule has 0 spiro atoms. The van der Waals surface area contributed by atoms with E-state index < -0.39 is 5.91 Å². The SMILES string of the molecule is CCC1CCCCN1C(=O)C(=O)NC. The highest BCUT2D eigenvalue weighted by Gasteiger charge is 2.28. The summed E-state index contributed by atoms with van der Waals surface area (Å²) in [5.41, 5.74) is 0. The number of hydrogen-bond donors (Lipinski definition) is 1. The van der Waals surface area contributed by atoms with Gasteiger partial charge in [0.15, 0.2) is 0 Å². The number of likely N-dealkylation sites (N-methyl/N-ethyl adjacent to an activating group) is 1. The maximum atomic E-state index is 11.6. The van der Waals surface area contributed by atoms with Crippen LogP contribution in [0.25, 0.3) is 0 Å². The van der Waals surface area contributed by atoms with Gasteiger partial charge in [-0.1, -0.05) is 6.92 Å². The first-order valence-corrected chi connectivity index (χ1v) is 5.23. The van der Waals surface area contributed by atoms with Gasteiger partial charge in [0.25, 0.3) is 0 Å². The van der Waals surface area contributed by atoms with Crippen molar-refractivity contribution in [1.29, 1.82) is 0 Å². The van der Waals surface area contributed by atoms with E-state index in [1.54, 1.807) is 4.90 Å². The summed E-state index contributed by atoms with van der Waals surface area (Å²) in [6.45, 7) is 2.78. The van der Waals surface area contributed by atoms with Crippen LogP contribution in [0.4, 0.5) is 0 Å². The van der Waals surface area contributed by atoms with Gasteiger partial charge in [-0.15, -0.1) is 0 Å². The van der Waals surface area contributed by atoms with Crippen molar-refractivity contribution >= 4 is 11.8 Å². The van der Waals surface area contributed by atoms with Gasteiger partial charge in [-0.2, -0.15) is 0 Å². The maximum absolute atomic E-state index is 11.6. The van der Waals surface area contributed by atoms with Gasteiger partial charge in [0, 0.05) is 19.6 Å². The molecule has 4 nitrogen and oxygen atoms in total. The average molecular weight is 198 g/mol. The molecule has 1 fully saturated rings. The van der Waals surface area contributed by atoms with Crippen LogP contribution in [0, 0.1) is 0 Å². The fourth-order valence-electron chi connectivity index (χ4n) is 1.93. The van der Waals surface area contributed by atoms with Gasteiger partial charge in [0.1, 0.15) is 0 Å². The average Bonchev–Trinajstić information content (AvgIpc) is 2.26. The van der Waals surface area contributed by atoms with E-state index in [4.69, 9.17) is 0 Å². The molecule has 1 unspecified atom stereocenters. The Kier molecular flexibility index (Phi) is 3.92. The summed E-state index contributed by atoms with van der Waals surface area (Å²) in [4.78, 5) is 24.5. The maximum Gasteiger partial charge on any atom is 0.312 e. The lowest BCUT2D eigenvalue weighted by atomic mass is 10.00. The second-order valence-corrected chi connectivity index (χ2v) is 3.64. The lowest BCUT2D eigenvalue weighted by Gasteiger charge is -2.34. The Morgan fingerprint density at radius 2 is 2.14 bits per heavy atom. The number of carbonyl (C=O) groups excluding carboxylic acids is 2. The Morgan fingerprint density at radius 1 is 1.43 bits per heavy atom. The molecule has 1 rings (SSSR count).